The minimum Gasteiger partial charge on any atom is -0.534 e. The minimum atomic E-state index is -1.17. The maximum Gasteiger partial charge on any atom is 0.343 e. The standard InChI is InChI=1S/C62H50F4O4Si4/c1-41-17-25-45(26-18-41)33-37-71-67-59-49(9-5-13-53(59)63)57(50-10-6-14-54(64)60(50)68-72-38-34-46-27-19-42(2)20-28-46)58(51-11-7-15-55(65)61(51)69-73-39-35-47-29-21-43(3)22-30-47)52-12-8-16-56(66)62(52)70-74-40-36-48-31-23-44(4)24-32-48/h5-40,57-58H,1-4H3. The molecule has 74 heavy (non-hydrogen) atoms. The van der Waals surface area contributed by atoms with Crippen LogP contribution in [0, 0.1) is 51.0 Å². The Morgan fingerprint density at radius 2 is 0.500 bits per heavy atom. The molecule has 0 heterocycles. The van der Waals surface area contributed by atoms with E-state index in [4.69, 9.17) is 17.7 Å². The number of hydrogen-bond acceptors (Lipinski definition) is 4. The van der Waals surface area contributed by atoms with Gasteiger partial charge in [0.25, 0.3) is 0 Å². The van der Waals surface area contributed by atoms with Crippen molar-refractivity contribution in [3.05, 3.63) is 283 Å². The van der Waals surface area contributed by atoms with E-state index in [0.29, 0.717) is 0 Å². The molecule has 366 valence electrons. The number of benzene rings is 8. The monoisotopic (exact) mass is 1050 g/mol. The van der Waals surface area contributed by atoms with Crippen LogP contribution in [0.5, 0.6) is 23.0 Å². The molecule has 0 amide bonds. The zero-order chi connectivity index (χ0) is 51.8. The topological polar surface area (TPSA) is 36.9 Å². The summed E-state index contributed by atoms with van der Waals surface area (Å²) in [7, 11) is -1.47. The van der Waals surface area contributed by atoms with Crippen LogP contribution in [-0.4, -0.2) is 39.1 Å². The van der Waals surface area contributed by atoms with Gasteiger partial charge < -0.3 is 17.7 Å². The van der Waals surface area contributed by atoms with E-state index in [9.17, 15) is 0 Å². The van der Waals surface area contributed by atoms with Gasteiger partial charge in [-0.1, -0.05) is 215 Å². The first kappa shape index (κ1) is 52.8. The van der Waals surface area contributed by atoms with Crippen molar-refractivity contribution in [1.82, 2.24) is 0 Å². The highest BCUT2D eigenvalue weighted by Gasteiger charge is 2.38. The largest absolute Gasteiger partial charge is 0.534 e. The molecule has 0 aliphatic carbocycles. The molecule has 0 aliphatic heterocycles. The SMILES string of the molecule is Cc1ccc(C=C[Si]Oc2c(F)cccc2C(c2cccc(F)c2O[Si]C=Cc2ccc(C)cc2)C(c2cccc(F)c2O[Si]C=Cc2ccc(C)cc2)c2cccc(F)c2O[Si]C=Cc2ccc(C)cc2)cc1. The molecule has 8 aromatic rings. The molecule has 0 bridgehead atoms. The Morgan fingerprint density at radius 3 is 0.703 bits per heavy atom. The van der Waals surface area contributed by atoms with Crippen LogP contribution in [-0.2, 0) is 0 Å². The lowest BCUT2D eigenvalue weighted by Gasteiger charge is -2.33. The maximum absolute atomic E-state index is 16.8. The lowest BCUT2D eigenvalue weighted by Crippen LogP contribution is -2.21. The molecule has 0 spiro atoms. The molecule has 0 N–H and O–H groups in total. The zero-order valence-electron chi connectivity index (χ0n) is 41.1. The van der Waals surface area contributed by atoms with E-state index < -0.39 is 35.1 Å². The molecule has 0 fully saturated rings. The van der Waals surface area contributed by atoms with Gasteiger partial charge in [-0.05, 0) is 74.2 Å². The van der Waals surface area contributed by atoms with Crippen molar-refractivity contribution in [2.45, 2.75) is 39.5 Å². The van der Waals surface area contributed by atoms with Gasteiger partial charge in [0.15, 0.2) is 23.3 Å². The van der Waals surface area contributed by atoms with Crippen LogP contribution in [0.2, 0.25) is 0 Å². The highest BCUT2D eigenvalue weighted by atomic mass is 28.2. The fourth-order valence-electron chi connectivity index (χ4n) is 8.17. The lowest BCUT2D eigenvalue weighted by molar-refractivity contribution is 0.473. The molecule has 12 heteroatoms. The average Bonchev–Trinajstić information content (AvgIpc) is 3.40. The Kier molecular flexibility index (Phi) is 18.5. The average molecular weight is 1050 g/mol. The van der Waals surface area contributed by atoms with E-state index in [-0.39, 0.29) is 84.3 Å². The van der Waals surface area contributed by atoms with Crippen LogP contribution in [0.3, 0.4) is 0 Å². The smallest absolute Gasteiger partial charge is 0.343 e. The molecule has 0 atom stereocenters. The van der Waals surface area contributed by atoms with E-state index in [1.807, 2.05) is 149 Å². The summed E-state index contributed by atoms with van der Waals surface area (Å²) in [5, 5.41) is 0. The zero-order valence-corrected chi connectivity index (χ0v) is 45.1. The Bertz CT molecular complexity index is 2830. The molecule has 0 saturated heterocycles. The van der Waals surface area contributed by atoms with Crippen molar-refractivity contribution >= 4 is 63.4 Å². The lowest BCUT2D eigenvalue weighted by atomic mass is 9.72. The molecule has 8 radical (unpaired) electrons. The van der Waals surface area contributed by atoms with Crippen molar-refractivity contribution in [2.24, 2.45) is 0 Å². The van der Waals surface area contributed by atoms with Crippen molar-refractivity contribution in [1.29, 1.82) is 0 Å². The van der Waals surface area contributed by atoms with E-state index in [1.54, 1.807) is 71.3 Å². The summed E-state index contributed by atoms with van der Waals surface area (Å²) in [6.07, 6.45) is 7.54. The second-order valence-corrected chi connectivity index (χ2v) is 20.5. The molecule has 0 aromatic heterocycles. The summed E-state index contributed by atoms with van der Waals surface area (Å²) in [4.78, 5) is 0. The molecule has 8 aromatic carbocycles. The molecular weight excluding hydrogens is 997 g/mol. The number of halogens is 4. The normalized spacial score (nSPS) is 12.5. The predicted molar refractivity (Wildman–Crippen MR) is 296 cm³/mol. The maximum atomic E-state index is 16.8. The Balaban J connectivity index is 1.30. The van der Waals surface area contributed by atoms with Gasteiger partial charge in [-0.2, -0.15) is 0 Å². The molecule has 8 rings (SSSR count). The van der Waals surface area contributed by atoms with Crippen molar-refractivity contribution < 1.29 is 35.3 Å². The quantitative estimate of drug-likeness (QED) is 0.0531. The summed E-state index contributed by atoms with van der Waals surface area (Å²) < 4.78 is 92.8. The first-order valence-corrected chi connectivity index (χ1v) is 27.7. The summed E-state index contributed by atoms with van der Waals surface area (Å²) in [5.41, 5.74) is 16.4. The van der Waals surface area contributed by atoms with Crippen LogP contribution >= 0.6 is 0 Å². The Hall–Kier alpha value is -7.49. The third-order valence-corrected chi connectivity index (χ3v) is 14.5. The van der Waals surface area contributed by atoms with Gasteiger partial charge in [0.05, 0.1) is 0 Å². The highest BCUT2D eigenvalue weighted by molar-refractivity contribution is 6.38. The molecule has 0 unspecified atom stereocenters. The van der Waals surface area contributed by atoms with Crippen LogP contribution in [0.1, 0.15) is 78.6 Å². The van der Waals surface area contributed by atoms with Crippen molar-refractivity contribution in [3.8, 4) is 23.0 Å². The fraction of sp³-hybridized carbons (Fsp3) is 0.0968. The van der Waals surface area contributed by atoms with E-state index in [2.05, 4.69) is 0 Å². The van der Waals surface area contributed by atoms with E-state index in [0.717, 1.165) is 44.5 Å². The molecule has 0 saturated carbocycles. The van der Waals surface area contributed by atoms with Gasteiger partial charge in [-0.25, -0.2) is 17.6 Å². The molecule has 0 aliphatic rings. The van der Waals surface area contributed by atoms with Crippen LogP contribution < -0.4 is 17.7 Å². The highest BCUT2D eigenvalue weighted by Crippen LogP contribution is 2.53. The third kappa shape index (κ3) is 14.0. The van der Waals surface area contributed by atoms with Gasteiger partial charge in [0.1, 0.15) is 23.0 Å². The predicted octanol–water partition coefficient (Wildman–Crippen LogP) is 15.1. The number of rotatable bonds is 21. The third-order valence-electron chi connectivity index (χ3n) is 12.0. The Labute approximate surface area is 441 Å². The van der Waals surface area contributed by atoms with E-state index in [1.165, 1.54) is 24.3 Å². The molecule has 4 nitrogen and oxygen atoms in total. The summed E-state index contributed by atoms with van der Waals surface area (Å²) >= 11 is 0. The van der Waals surface area contributed by atoms with Crippen LogP contribution in [0.4, 0.5) is 17.6 Å². The summed E-state index contributed by atoms with van der Waals surface area (Å²) in [6, 6.07) is 49.9. The first-order chi connectivity index (χ1) is 36.0. The number of para-hydroxylation sites is 4. The second kappa shape index (κ2) is 25.9. The minimum absolute atomic E-state index is 0.130. The van der Waals surface area contributed by atoms with Gasteiger partial charge >= 0.3 is 39.1 Å². The van der Waals surface area contributed by atoms with Gasteiger partial charge in [0.2, 0.25) is 0 Å². The molecular formula is C62H50F4O4Si4. The van der Waals surface area contributed by atoms with Crippen molar-refractivity contribution in [2.75, 3.05) is 0 Å². The van der Waals surface area contributed by atoms with Crippen LogP contribution in [0.15, 0.2) is 193 Å². The van der Waals surface area contributed by atoms with Gasteiger partial charge in [-0.15, -0.1) is 0 Å². The van der Waals surface area contributed by atoms with Crippen molar-refractivity contribution in [3.63, 3.8) is 0 Å². The summed E-state index contributed by atoms with van der Waals surface area (Å²) in [5.74, 6) is -5.64. The number of hydrogen-bond donors (Lipinski definition) is 0. The number of aryl methyl sites for hydroxylation is 4. The van der Waals surface area contributed by atoms with E-state index >= 15 is 17.6 Å². The second-order valence-electron chi connectivity index (χ2n) is 17.4. The fourth-order valence-corrected chi connectivity index (χ4v) is 10.8. The Morgan fingerprint density at radius 1 is 0.297 bits per heavy atom. The van der Waals surface area contributed by atoms with Crippen LogP contribution in [0.25, 0.3) is 24.3 Å². The summed E-state index contributed by atoms with van der Waals surface area (Å²) in [6.45, 7) is 8.02. The van der Waals surface area contributed by atoms with Gasteiger partial charge in [-0.3, -0.25) is 0 Å². The first-order valence-electron chi connectivity index (χ1n) is 23.8. The van der Waals surface area contributed by atoms with Gasteiger partial charge in [0, 0.05) is 34.1 Å².